The van der Waals surface area contributed by atoms with Crippen LogP contribution in [0.4, 0.5) is 0 Å². The zero-order valence-corrected chi connectivity index (χ0v) is 12.1. The topological polar surface area (TPSA) is 43.1 Å². The third-order valence-electron chi connectivity index (χ3n) is 3.60. The predicted molar refractivity (Wildman–Crippen MR) is 82.7 cm³/mol. The van der Waals surface area contributed by atoms with Crippen LogP contribution < -0.4 is 5.73 Å². The number of benzene rings is 2. The number of nitrogens with two attached hydrogens (primary N) is 1. The Morgan fingerprint density at radius 1 is 1.05 bits per heavy atom. The first-order valence-corrected chi connectivity index (χ1v) is 7.04. The molecule has 2 N–H and O–H groups in total. The van der Waals surface area contributed by atoms with E-state index < -0.39 is 5.54 Å². The second-order valence-corrected chi connectivity index (χ2v) is 5.34. The minimum Gasteiger partial charge on any atom is -0.315 e. The number of hydrogen-bond acceptors (Lipinski definition) is 2. The minimum atomic E-state index is -0.993. The van der Waals surface area contributed by atoms with Crippen LogP contribution in [-0.4, -0.2) is 5.78 Å². The van der Waals surface area contributed by atoms with Crippen LogP contribution in [0.5, 0.6) is 0 Å². The van der Waals surface area contributed by atoms with Gasteiger partial charge in [-0.1, -0.05) is 67.9 Å². The average molecular weight is 267 g/mol. The zero-order chi connectivity index (χ0) is 14.6. The number of rotatable bonds is 5. The van der Waals surface area contributed by atoms with Crippen LogP contribution in [0.2, 0.25) is 0 Å². The average Bonchev–Trinajstić information content (AvgIpc) is 2.48. The fourth-order valence-electron chi connectivity index (χ4n) is 2.33. The van der Waals surface area contributed by atoms with Crippen molar-refractivity contribution in [2.24, 2.45) is 5.73 Å². The number of hydrogen-bond donors (Lipinski definition) is 1. The van der Waals surface area contributed by atoms with Gasteiger partial charge in [-0.05, 0) is 24.5 Å². The first-order chi connectivity index (χ1) is 9.55. The first kappa shape index (κ1) is 14.5. The van der Waals surface area contributed by atoms with Crippen molar-refractivity contribution >= 4 is 5.78 Å². The Kier molecular flexibility index (Phi) is 4.35. The fraction of sp³-hybridized carbons (Fsp3) is 0.278. The summed E-state index contributed by atoms with van der Waals surface area (Å²) in [5.74, 6) is -0.0493. The molecule has 0 radical (unpaired) electrons. The Bertz CT molecular complexity index is 570. The molecule has 2 aromatic carbocycles. The summed E-state index contributed by atoms with van der Waals surface area (Å²) < 4.78 is 0. The summed E-state index contributed by atoms with van der Waals surface area (Å²) in [5, 5.41) is 0. The summed E-state index contributed by atoms with van der Waals surface area (Å²) in [6, 6.07) is 17.3. The van der Waals surface area contributed by atoms with Gasteiger partial charge in [0, 0.05) is 5.56 Å². The number of ketones is 1. The Morgan fingerprint density at radius 2 is 1.65 bits per heavy atom. The standard InChI is InChI=1S/C18H21NO/c1-3-7-14-10-12-15(13-11-14)17(20)18(2,19)16-8-5-4-6-9-16/h4-6,8-13H,3,7,19H2,1-2H3. The van der Waals surface area contributed by atoms with Gasteiger partial charge in [0.2, 0.25) is 0 Å². The summed E-state index contributed by atoms with van der Waals surface area (Å²) >= 11 is 0. The van der Waals surface area contributed by atoms with Gasteiger partial charge in [-0.25, -0.2) is 0 Å². The number of Topliss-reactive ketones (excluding diaryl/α,β-unsaturated/α-hetero) is 1. The molecule has 0 fully saturated rings. The highest BCUT2D eigenvalue weighted by Gasteiger charge is 2.30. The van der Waals surface area contributed by atoms with E-state index in [0.717, 1.165) is 18.4 Å². The molecule has 0 saturated carbocycles. The molecule has 104 valence electrons. The highest BCUT2D eigenvalue weighted by molar-refractivity contribution is 6.03. The van der Waals surface area contributed by atoms with Gasteiger partial charge < -0.3 is 5.73 Å². The van der Waals surface area contributed by atoms with E-state index in [-0.39, 0.29) is 5.78 Å². The first-order valence-electron chi connectivity index (χ1n) is 7.04. The van der Waals surface area contributed by atoms with Crippen molar-refractivity contribution < 1.29 is 4.79 Å². The van der Waals surface area contributed by atoms with Gasteiger partial charge in [0.05, 0.1) is 0 Å². The van der Waals surface area contributed by atoms with Gasteiger partial charge >= 0.3 is 0 Å². The molecule has 1 unspecified atom stereocenters. The molecule has 0 heterocycles. The van der Waals surface area contributed by atoms with E-state index >= 15 is 0 Å². The maximum absolute atomic E-state index is 12.6. The Morgan fingerprint density at radius 3 is 2.20 bits per heavy atom. The summed E-state index contributed by atoms with van der Waals surface area (Å²) in [7, 11) is 0. The maximum atomic E-state index is 12.6. The van der Waals surface area contributed by atoms with Crippen molar-refractivity contribution in [3.63, 3.8) is 0 Å². The second kappa shape index (κ2) is 6.02. The molecule has 0 saturated heterocycles. The summed E-state index contributed by atoms with van der Waals surface area (Å²) in [5.41, 5.74) is 8.02. The van der Waals surface area contributed by atoms with E-state index in [2.05, 4.69) is 6.92 Å². The summed E-state index contributed by atoms with van der Waals surface area (Å²) in [6.07, 6.45) is 2.14. The fourth-order valence-corrected chi connectivity index (χ4v) is 2.33. The van der Waals surface area contributed by atoms with E-state index in [1.54, 1.807) is 6.92 Å². The lowest BCUT2D eigenvalue weighted by molar-refractivity contribution is 0.0900. The van der Waals surface area contributed by atoms with Crippen molar-refractivity contribution in [3.05, 3.63) is 71.3 Å². The van der Waals surface area contributed by atoms with Crippen LogP contribution in [0.15, 0.2) is 54.6 Å². The SMILES string of the molecule is CCCc1ccc(C(=O)C(C)(N)c2ccccc2)cc1. The molecule has 0 bridgehead atoms. The molecular formula is C18H21NO. The monoisotopic (exact) mass is 267 g/mol. The largest absolute Gasteiger partial charge is 0.315 e. The number of aryl methyl sites for hydroxylation is 1. The molecule has 0 aromatic heterocycles. The van der Waals surface area contributed by atoms with Crippen LogP contribution >= 0.6 is 0 Å². The van der Waals surface area contributed by atoms with Crippen LogP contribution in [-0.2, 0) is 12.0 Å². The number of carbonyl (C=O) groups excluding carboxylic acids is 1. The van der Waals surface area contributed by atoms with E-state index in [1.807, 2.05) is 54.6 Å². The third kappa shape index (κ3) is 2.97. The van der Waals surface area contributed by atoms with Crippen LogP contribution in [0, 0.1) is 0 Å². The van der Waals surface area contributed by atoms with Gasteiger partial charge in [-0.2, -0.15) is 0 Å². The molecule has 20 heavy (non-hydrogen) atoms. The molecule has 0 amide bonds. The quantitative estimate of drug-likeness (QED) is 0.839. The lowest BCUT2D eigenvalue weighted by Gasteiger charge is -2.23. The molecule has 2 heteroatoms. The number of carbonyl (C=O) groups is 1. The lowest BCUT2D eigenvalue weighted by Crippen LogP contribution is -2.41. The van der Waals surface area contributed by atoms with Crippen molar-refractivity contribution in [2.75, 3.05) is 0 Å². The minimum absolute atomic E-state index is 0.0493. The van der Waals surface area contributed by atoms with E-state index in [9.17, 15) is 4.79 Å². The second-order valence-electron chi connectivity index (χ2n) is 5.34. The Hall–Kier alpha value is -1.93. The van der Waals surface area contributed by atoms with Crippen LogP contribution in [0.3, 0.4) is 0 Å². The normalized spacial score (nSPS) is 13.8. The Balaban J connectivity index is 2.26. The van der Waals surface area contributed by atoms with Crippen molar-refractivity contribution in [1.82, 2.24) is 0 Å². The van der Waals surface area contributed by atoms with Gasteiger partial charge in [-0.15, -0.1) is 0 Å². The van der Waals surface area contributed by atoms with Crippen LogP contribution in [0.25, 0.3) is 0 Å². The molecule has 0 aliphatic carbocycles. The lowest BCUT2D eigenvalue weighted by atomic mass is 9.85. The summed E-state index contributed by atoms with van der Waals surface area (Å²) in [6.45, 7) is 3.91. The zero-order valence-electron chi connectivity index (χ0n) is 12.1. The van der Waals surface area contributed by atoms with Crippen molar-refractivity contribution in [2.45, 2.75) is 32.2 Å². The van der Waals surface area contributed by atoms with Gasteiger partial charge in [0.15, 0.2) is 5.78 Å². The van der Waals surface area contributed by atoms with Crippen molar-refractivity contribution in [1.29, 1.82) is 0 Å². The third-order valence-corrected chi connectivity index (χ3v) is 3.60. The highest BCUT2D eigenvalue weighted by atomic mass is 16.1. The smallest absolute Gasteiger partial charge is 0.186 e. The van der Waals surface area contributed by atoms with E-state index in [0.29, 0.717) is 5.56 Å². The highest BCUT2D eigenvalue weighted by Crippen LogP contribution is 2.23. The summed E-state index contributed by atoms with van der Waals surface area (Å²) in [4.78, 5) is 12.6. The predicted octanol–water partition coefficient (Wildman–Crippen LogP) is 3.70. The molecule has 2 rings (SSSR count). The molecule has 1 atom stereocenters. The van der Waals surface area contributed by atoms with Crippen molar-refractivity contribution in [3.8, 4) is 0 Å². The van der Waals surface area contributed by atoms with E-state index in [1.165, 1.54) is 5.56 Å². The molecule has 0 aliphatic heterocycles. The Labute approximate surface area is 120 Å². The molecular weight excluding hydrogens is 246 g/mol. The van der Waals surface area contributed by atoms with E-state index in [4.69, 9.17) is 5.73 Å². The molecule has 2 nitrogen and oxygen atoms in total. The maximum Gasteiger partial charge on any atom is 0.186 e. The van der Waals surface area contributed by atoms with Crippen LogP contribution in [0.1, 0.15) is 41.8 Å². The van der Waals surface area contributed by atoms with Gasteiger partial charge in [0.1, 0.15) is 5.54 Å². The molecule has 0 aliphatic rings. The van der Waals surface area contributed by atoms with Gasteiger partial charge in [-0.3, -0.25) is 4.79 Å². The molecule has 2 aromatic rings. The molecule has 0 spiro atoms. The van der Waals surface area contributed by atoms with Gasteiger partial charge in [0.25, 0.3) is 0 Å².